The van der Waals surface area contributed by atoms with Crippen molar-refractivity contribution in [2.45, 2.75) is 129 Å². The third kappa shape index (κ3) is 11.7. The highest BCUT2D eigenvalue weighted by Gasteiger charge is 2.44. The van der Waals surface area contributed by atoms with Gasteiger partial charge in [-0.15, -0.1) is 0 Å². The number of nitrogens with two attached hydrogens (primary N) is 1. The van der Waals surface area contributed by atoms with E-state index in [4.69, 9.17) is 19.9 Å². The van der Waals surface area contributed by atoms with E-state index in [9.17, 15) is 24.0 Å². The highest BCUT2D eigenvalue weighted by Crippen LogP contribution is 2.30. The van der Waals surface area contributed by atoms with E-state index in [1.165, 1.54) is 21.3 Å². The molecule has 0 aromatic heterocycles. The number of hydrogen-bond donors (Lipinski definition) is 3. The van der Waals surface area contributed by atoms with Gasteiger partial charge in [0.25, 0.3) is 0 Å². The number of rotatable bonds is 20. The highest BCUT2D eigenvalue weighted by atomic mass is 16.5. The van der Waals surface area contributed by atoms with Gasteiger partial charge in [-0.1, -0.05) is 85.2 Å². The standard InChI is InChI=1S/C40H67N5O8/c1-13-26(6)34(44(9)37(48)33(24(2)3)43-39(50)40(8,41)25(4)5)31(51-10)23-32(46)45-21-17-20-30(45)35(52-11)27(7)36(47)42-29(38(49)53-12)22-28-18-15-14-16-19-28/h14-16,18-19,24-27,29-31,33-35H,13,17,20-23,41H2,1-12H3,(H,42,47)(H,43,50)/t26?,27?,29-,30?,31?,33?,34?,35?,40?/m0/s1. The molecule has 0 aliphatic carbocycles. The Balaban J connectivity index is 2.28. The molecule has 0 spiro atoms. The summed E-state index contributed by atoms with van der Waals surface area (Å²) in [6.45, 7) is 15.4. The number of nitrogens with zero attached hydrogens (tertiary/aromatic N) is 2. The van der Waals surface area contributed by atoms with Crippen molar-refractivity contribution in [2.24, 2.45) is 29.4 Å². The molecule has 9 atom stereocenters. The summed E-state index contributed by atoms with van der Waals surface area (Å²) in [4.78, 5) is 71.2. The van der Waals surface area contributed by atoms with Crippen molar-refractivity contribution in [3.8, 4) is 0 Å². The van der Waals surface area contributed by atoms with Crippen molar-refractivity contribution in [3.05, 3.63) is 35.9 Å². The van der Waals surface area contributed by atoms with Gasteiger partial charge < -0.3 is 40.4 Å². The lowest BCUT2D eigenvalue weighted by Gasteiger charge is -2.41. The van der Waals surface area contributed by atoms with Gasteiger partial charge in [0.1, 0.15) is 12.1 Å². The van der Waals surface area contributed by atoms with Crippen LogP contribution >= 0.6 is 0 Å². The molecule has 13 heteroatoms. The summed E-state index contributed by atoms with van der Waals surface area (Å²) in [6.07, 6.45) is 1.01. The lowest BCUT2D eigenvalue weighted by atomic mass is 9.87. The number of benzene rings is 1. The molecule has 1 fully saturated rings. The van der Waals surface area contributed by atoms with Crippen molar-refractivity contribution in [2.75, 3.05) is 34.9 Å². The van der Waals surface area contributed by atoms with Gasteiger partial charge in [0.15, 0.2) is 0 Å². The molecule has 0 saturated carbocycles. The van der Waals surface area contributed by atoms with Crippen LogP contribution in [0.5, 0.6) is 0 Å². The van der Waals surface area contributed by atoms with Gasteiger partial charge in [0, 0.05) is 34.2 Å². The van der Waals surface area contributed by atoms with E-state index < -0.39 is 59.7 Å². The van der Waals surface area contributed by atoms with Crippen molar-refractivity contribution in [1.82, 2.24) is 20.4 Å². The second-order valence-electron chi connectivity index (χ2n) is 15.5. The van der Waals surface area contributed by atoms with E-state index >= 15 is 0 Å². The minimum Gasteiger partial charge on any atom is -0.467 e. The zero-order valence-electron chi connectivity index (χ0n) is 34.1. The summed E-state index contributed by atoms with van der Waals surface area (Å²) < 4.78 is 16.9. The second-order valence-corrected chi connectivity index (χ2v) is 15.5. The van der Waals surface area contributed by atoms with Crippen molar-refractivity contribution >= 4 is 29.6 Å². The number of carbonyl (C=O) groups excluding carboxylic acids is 5. The fourth-order valence-electron chi connectivity index (χ4n) is 7.09. The van der Waals surface area contributed by atoms with Gasteiger partial charge in [0.05, 0.1) is 49.3 Å². The maximum atomic E-state index is 14.2. The molecule has 53 heavy (non-hydrogen) atoms. The summed E-state index contributed by atoms with van der Waals surface area (Å²) in [5, 5.41) is 5.76. The molecule has 4 N–H and O–H groups in total. The van der Waals surface area contributed by atoms with Crippen LogP contribution < -0.4 is 16.4 Å². The normalized spacial score (nSPS) is 19.7. The van der Waals surface area contributed by atoms with Crippen LogP contribution in [0.25, 0.3) is 0 Å². The summed E-state index contributed by atoms with van der Waals surface area (Å²) in [5.41, 5.74) is 6.04. The molecule has 0 bridgehead atoms. The molecule has 1 aliphatic rings. The third-order valence-corrected chi connectivity index (χ3v) is 11.3. The lowest BCUT2D eigenvalue weighted by molar-refractivity contribution is -0.149. The molecule has 8 unspecified atom stereocenters. The first-order chi connectivity index (χ1) is 24.9. The molecule has 1 heterocycles. The maximum Gasteiger partial charge on any atom is 0.328 e. The fourth-order valence-corrected chi connectivity index (χ4v) is 7.09. The number of methoxy groups -OCH3 is 3. The minimum atomic E-state index is -1.17. The number of likely N-dealkylation sites (N-methyl/N-ethyl adjacent to an activating group) is 1. The number of esters is 1. The zero-order chi connectivity index (χ0) is 40.2. The SMILES string of the molecule is CCC(C)C(C(CC(=O)N1CCCC1C(OC)C(C)C(=O)N[C@@H](Cc1ccccc1)C(=O)OC)OC)N(C)C(=O)C(NC(=O)C(C)(N)C(C)C)C(C)C. The lowest BCUT2D eigenvalue weighted by Crippen LogP contribution is -2.62. The molecule has 0 radical (unpaired) electrons. The first-order valence-corrected chi connectivity index (χ1v) is 19.0. The van der Waals surface area contributed by atoms with Crippen LogP contribution in [0.15, 0.2) is 30.3 Å². The van der Waals surface area contributed by atoms with E-state index in [0.717, 1.165) is 12.0 Å². The van der Waals surface area contributed by atoms with Gasteiger partial charge in [-0.3, -0.25) is 19.2 Å². The molecule has 300 valence electrons. The monoisotopic (exact) mass is 745 g/mol. The molecule has 1 aliphatic heterocycles. The summed E-state index contributed by atoms with van der Waals surface area (Å²) >= 11 is 0. The van der Waals surface area contributed by atoms with Gasteiger partial charge >= 0.3 is 5.97 Å². The Labute approximate surface area is 317 Å². The maximum absolute atomic E-state index is 14.2. The number of likely N-dealkylation sites (tertiary alicyclic amines) is 1. The van der Waals surface area contributed by atoms with Crippen LogP contribution in [0.4, 0.5) is 0 Å². The van der Waals surface area contributed by atoms with Crippen molar-refractivity contribution < 1.29 is 38.2 Å². The number of nitrogens with one attached hydrogen (secondary N) is 2. The Morgan fingerprint density at radius 1 is 0.981 bits per heavy atom. The molecular weight excluding hydrogens is 678 g/mol. The summed E-state index contributed by atoms with van der Waals surface area (Å²) in [7, 11) is 6.04. The fraction of sp³-hybridized carbons (Fsp3) is 0.725. The van der Waals surface area contributed by atoms with Gasteiger partial charge in [-0.05, 0) is 43.1 Å². The van der Waals surface area contributed by atoms with E-state index in [1.807, 2.05) is 71.9 Å². The van der Waals surface area contributed by atoms with Gasteiger partial charge in [-0.2, -0.15) is 0 Å². The molecule has 2 rings (SSSR count). The Kier molecular flexibility index (Phi) is 17.9. The van der Waals surface area contributed by atoms with Crippen molar-refractivity contribution in [1.29, 1.82) is 0 Å². The van der Waals surface area contributed by atoms with Crippen molar-refractivity contribution in [3.63, 3.8) is 0 Å². The quantitative estimate of drug-likeness (QED) is 0.170. The molecule has 1 aromatic rings. The van der Waals surface area contributed by atoms with E-state index in [2.05, 4.69) is 10.6 Å². The Bertz CT molecular complexity index is 1360. The largest absolute Gasteiger partial charge is 0.467 e. The van der Waals surface area contributed by atoms with Crippen LogP contribution in [0, 0.1) is 23.7 Å². The first kappa shape index (κ1) is 45.6. The average Bonchev–Trinajstić information content (AvgIpc) is 3.62. The highest BCUT2D eigenvalue weighted by molar-refractivity contribution is 5.92. The molecule has 4 amide bonds. The first-order valence-electron chi connectivity index (χ1n) is 19.0. The van der Waals surface area contributed by atoms with Crippen LogP contribution in [0.2, 0.25) is 0 Å². The zero-order valence-corrected chi connectivity index (χ0v) is 34.1. The molecule has 1 saturated heterocycles. The number of hydrogen-bond acceptors (Lipinski definition) is 9. The van der Waals surface area contributed by atoms with Crippen LogP contribution in [0.1, 0.15) is 86.6 Å². The average molecular weight is 746 g/mol. The van der Waals surface area contributed by atoms with Gasteiger partial charge in [0.2, 0.25) is 23.6 Å². The van der Waals surface area contributed by atoms with Crippen LogP contribution in [-0.2, 0) is 44.6 Å². The number of carbonyl (C=O) groups is 5. The summed E-state index contributed by atoms with van der Waals surface area (Å²) in [5.74, 6) is -2.94. The van der Waals surface area contributed by atoms with E-state index in [-0.39, 0.29) is 48.3 Å². The smallest absolute Gasteiger partial charge is 0.328 e. The summed E-state index contributed by atoms with van der Waals surface area (Å²) in [6, 6.07) is 6.75. The van der Waals surface area contributed by atoms with E-state index in [1.54, 1.807) is 30.7 Å². The van der Waals surface area contributed by atoms with Gasteiger partial charge in [-0.25, -0.2) is 4.79 Å². The Hall–Kier alpha value is -3.55. The molecule has 1 aromatic carbocycles. The topological polar surface area (TPSA) is 170 Å². The van der Waals surface area contributed by atoms with E-state index in [0.29, 0.717) is 19.4 Å². The molecule has 13 nitrogen and oxygen atoms in total. The van der Waals surface area contributed by atoms with Crippen LogP contribution in [-0.4, -0.2) is 116 Å². The number of ether oxygens (including phenoxy) is 3. The van der Waals surface area contributed by atoms with Crippen LogP contribution in [0.3, 0.4) is 0 Å². The number of amides is 4. The third-order valence-electron chi connectivity index (χ3n) is 11.3. The Morgan fingerprint density at radius 3 is 2.11 bits per heavy atom. The Morgan fingerprint density at radius 2 is 1.60 bits per heavy atom. The second kappa shape index (κ2) is 20.8. The minimum absolute atomic E-state index is 0.00888. The molecular formula is C40H67N5O8. The predicted octanol–water partition coefficient (Wildman–Crippen LogP) is 3.32. The predicted molar refractivity (Wildman–Crippen MR) is 204 cm³/mol.